The van der Waals surface area contributed by atoms with Gasteiger partial charge in [0.25, 0.3) is 0 Å². The summed E-state index contributed by atoms with van der Waals surface area (Å²) in [7, 11) is 0. The highest BCUT2D eigenvalue weighted by Gasteiger charge is 2.19. The number of nitrogens with zero attached hydrogens (tertiary/aromatic N) is 10. The van der Waals surface area contributed by atoms with Gasteiger partial charge in [0.15, 0.2) is 11.6 Å². The van der Waals surface area contributed by atoms with Crippen LogP contribution in [0.25, 0.3) is 163 Å². The summed E-state index contributed by atoms with van der Waals surface area (Å²) in [6.45, 7) is 0. The average molecular weight is 1530 g/mol. The van der Waals surface area contributed by atoms with E-state index in [0.29, 0.717) is 22.0 Å². The summed E-state index contributed by atoms with van der Waals surface area (Å²) in [4.78, 5) is 45.8. The van der Waals surface area contributed by atoms with Crippen LogP contribution < -0.4 is 0 Å². The molecule has 12 aromatic carbocycles. The maximum absolute atomic E-state index is 6.51. The molecule has 0 bridgehead atoms. The van der Waals surface area contributed by atoms with Crippen LogP contribution in [0.15, 0.2) is 318 Å². The number of furan rings is 1. The normalized spacial score (nSPS) is 11.1. The van der Waals surface area contributed by atoms with Gasteiger partial charge in [0.05, 0.1) is 54.8 Å². The van der Waals surface area contributed by atoms with Gasteiger partial charge < -0.3 is 4.42 Å². The number of benzene rings is 12. The molecule has 20 aromatic rings. The third kappa shape index (κ3) is 14.3. The number of fused-ring (bicyclic) bond motifs is 12. The summed E-state index contributed by atoms with van der Waals surface area (Å²) in [6, 6.07) is 103. The van der Waals surface area contributed by atoms with Crippen LogP contribution in [-0.4, -0.2) is 49.8 Å². The summed E-state index contributed by atoms with van der Waals surface area (Å²) >= 11 is 31.5. The number of para-hydroxylation sites is 3. The van der Waals surface area contributed by atoms with Crippen LogP contribution in [0.5, 0.6) is 0 Å². The molecule has 0 saturated carbocycles. The summed E-state index contributed by atoms with van der Waals surface area (Å²) < 4.78 is 10.3. The molecule has 8 aromatic heterocycles. The Hall–Kier alpha value is -11.3. The molecule has 0 N–H and O–H groups in total. The zero-order chi connectivity index (χ0) is 70.5. The number of thiophene rings is 2. The quantitative estimate of drug-likeness (QED) is 0.116. The Labute approximate surface area is 632 Å². The van der Waals surface area contributed by atoms with E-state index < -0.39 is 0 Å². The predicted octanol–water partition coefficient (Wildman–Crippen LogP) is 25.9. The second-order valence-corrected chi connectivity index (χ2v) is 28.0. The monoisotopic (exact) mass is 1520 g/mol. The fourth-order valence-electron chi connectivity index (χ4n) is 12.3. The van der Waals surface area contributed by atoms with E-state index in [0.717, 1.165) is 136 Å². The lowest BCUT2D eigenvalue weighted by Gasteiger charge is -2.09. The van der Waals surface area contributed by atoms with Crippen molar-refractivity contribution in [2.45, 2.75) is 0 Å². The van der Waals surface area contributed by atoms with Crippen LogP contribution >= 0.6 is 85.0 Å². The maximum atomic E-state index is 6.51. The Morgan fingerprint density at radius 1 is 0.298 bits per heavy atom. The molecule has 0 atom stereocenters. The van der Waals surface area contributed by atoms with Crippen molar-refractivity contribution in [3.8, 4) is 67.8 Å². The summed E-state index contributed by atoms with van der Waals surface area (Å²) in [5.41, 5.74) is 13.8. The van der Waals surface area contributed by atoms with Gasteiger partial charge in [0.2, 0.25) is 21.6 Å². The first-order chi connectivity index (χ1) is 51.1. The molecule has 0 fully saturated rings. The van der Waals surface area contributed by atoms with Gasteiger partial charge in [-0.3, -0.25) is 0 Å². The lowest BCUT2D eigenvalue weighted by atomic mass is 10.1. The lowest BCUT2D eigenvalue weighted by molar-refractivity contribution is 0.653. The first-order valence-electron chi connectivity index (χ1n) is 32.8. The SMILES string of the molecule is Brc1cccc(-c2nc(-c3ccccc3)nc3ccccc23)c1.Clc1nc(-c2ccc3ccccc3c2)nc2sc3ccccc3c12.Clc1nc(-c2ccccc2)c2c(n1)oc1ccccc12.Clc1nc(-c2ccccc2)c2ccccc2n1.Clc1nc(-c2ccccc2)c2sc3ccccc3c2n1. The Bertz CT molecular complexity index is 6530. The molecular formula is C86H51BrCl4N10OS2. The second kappa shape index (κ2) is 30.3. The predicted molar refractivity (Wildman–Crippen MR) is 436 cm³/mol. The van der Waals surface area contributed by atoms with Gasteiger partial charge in [-0.1, -0.05) is 288 Å². The minimum Gasteiger partial charge on any atom is -0.438 e. The van der Waals surface area contributed by atoms with Crippen LogP contribution in [-0.2, 0) is 0 Å². The number of hydrogen-bond donors (Lipinski definition) is 0. The van der Waals surface area contributed by atoms with Gasteiger partial charge in [0.1, 0.15) is 15.6 Å². The van der Waals surface area contributed by atoms with Crippen molar-refractivity contribution in [1.29, 1.82) is 0 Å². The highest BCUT2D eigenvalue weighted by Crippen LogP contribution is 2.41. The molecule has 11 nitrogen and oxygen atoms in total. The third-order valence-corrected chi connectivity index (χ3v) is 20.6. The molecule has 18 heteroatoms. The molecule has 0 spiro atoms. The van der Waals surface area contributed by atoms with Crippen LogP contribution in [0, 0.1) is 0 Å². The number of hydrogen-bond acceptors (Lipinski definition) is 13. The average Bonchev–Trinajstić information content (AvgIpc) is 1.58. The molecule has 20 rings (SSSR count). The third-order valence-electron chi connectivity index (χ3n) is 17.1. The second-order valence-electron chi connectivity index (χ2n) is 23.7. The largest absolute Gasteiger partial charge is 0.438 e. The van der Waals surface area contributed by atoms with E-state index in [2.05, 4.69) is 118 Å². The van der Waals surface area contributed by atoms with Crippen molar-refractivity contribution in [3.05, 3.63) is 335 Å². The number of rotatable bonds is 6. The summed E-state index contributed by atoms with van der Waals surface area (Å²) in [6.07, 6.45) is 0. The molecule has 0 aliphatic heterocycles. The van der Waals surface area contributed by atoms with Crippen molar-refractivity contribution >= 4 is 180 Å². The van der Waals surface area contributed by atoms with Crippen LogP contribution in [0.2, 0.25) is 21.0 Å². The zero-order valence-corrected chi connectivity index (χ0v) is 60.8. The highest BCUT2D eigenvalue weighted by atomic mass is 79.9. The van der Waals surface area contributed by atoms with Crippen LogP contribution in [0.3, 0.4) is 0 Å². The Balaban J connectivity index is 0.000000101. The number of aromatic nitrogens is 10. The van der Waals surface area contributed by atoms with Gasteiger partial charge in [-0.05, 0) is 94.1 Å². The number of halogens is 5. The van der Waals surface area contributed by atoms with Gasteiger partial charge in [-0.15, -0.1) is 22.7 Å². The van der Waals surface area contributed by atoms with Crippen LogP contribution in [0.1, 0.15) is 0 Å². The van der Waals surface area contributed by atoms with Gasteiger partial charge in [-0.25, -0.2) is 44.9 Å². The Morgan fingerprint density at radius 3 is 1.47 bits per heavy atom. The first-order valence-corrected chi connectivity index (χ1v) is 36.7. The van der Waals surface area contributed by atoms with E-state index in [1.807, 2.05) is 243 Å². The van der Waals surface area contributed by atoms with E-state index in [4.69, 9.17) is 65.8 Å². The molecule has 0 amide bonds. The van der Waals surface area contributed by atoms with Crippen molar-refractivity contribution in [1.82, 2.24) is 49.8 Å². The van der Waals surface area contributed by atoms with Crippen molar-refractivity contribution in [3.63, 3.8) is 0 Å². The summed E-state index contributed by atoms with van der Waals surface area (Å²) in [5.74, 6) is 1.42. The molecule has 0 aliphatic carbocycles. The minimum absolute atomic E-state index is 0.190. The molecule has 0 saturated heterocycles. The van der Waals surface area contributed by atoms with Gasteiger partial charge in [0, 0.05) is 74.2 Å². The van der Waals surface area contributed by atoms with Crippen molar-refractivity contribution in [2.75, 3.05) is 0 Å². The van der Waals surface area contributed by atoms with Gasteiger partial charge in [-0.2, -0.15) is 4.98 Å². The molecular weight excluding hydrogens is 1470 g/mol. The van der Waals surface area contributed by atoms with E-state index in [1.165, 1.54) is 20.2 Å². The molecule has 104 heavy (non-hydrogen) atoms. The fourth-order valence-corrected chi connectivity index (χ4v) is 15.8. The summed E-state index contributed by atoms with van der Waals surface area (Å²) in [5, 5.41) is 10.8. The Kier molecular flexibility index (Phi) is 19.6. The Morgan fingerprint density at radius 2 is 0.788 bits per heavy atom. The smallest absolute Gasteiger partial charge is 0.232 e. The van der Waals surface area contributed by atoms with Crippen LogP contribution in [0.4, 0.5) is 0 Å². The standard InChI is InChI=1S/C20H13BrN2.C20H11ClN2S.C16H9ClN2O.C16H9ClN2S.C14H9ClN2/c21-16-10-6-9-15(13-16)19-17-11-4-5-12-18(17)22-20(23-19)14-7-2-1-3-8-14;21-18-17-15-7-3-4-8-16(15)24-20(17)23-19(22-18)14-10-9-12-5-1-2-6-13(12)11-14;17-16-18-14(10-6-2-1-3-7-10)13-11-8-4-5-9-12(11)20-15(13)19-16;17-16-18-13(10-6-2-1-3-7-10)15-14(19-16)11-8-4-5-9-12(11)20-15;15-14-16-12-9-5-4-8-11(12)13(17-14)10-6-2-1-3-7-10/h1-13H;1-11H;2*1-9H;1-9H. The van der Waals surface area contributed by atoms with E-state index in [-0.39, 0.29) is 10.6 Å². The molecule has 0 radical (unpaired) electrons. The maximum Gasteiger partial charge on any atom is 0.232 e. The zero-order valence-electron chi connectivity index (χ0n) is 54.5. The van der Waals surface area contributed by atoms with E-state index >= 15 is 0 Å². The minimum atomic E-state index is 0.190. The molecule has 8 heterocycles. The van der Waals surface area contributed by atoms with Crippen molar-refractivity contribution < 1.29 is 4.42 Å². The molecule has 498 valence electrons. The fraction of sp³-hybridized carbons (Fsp3) is 0. The van der Waals surface area contributed by atoms with E-state index in [1.54, 1.807) is 22.7 Å². The molecule has 0 aliphatic rings. The highest BCUT2D eigenvalue weighted by molar-refractivity contribution is 9.10. The van der Waals surface area contributed by atoms with E-state index in [9.17, 15) is 0 Å². The van der Waals surface area contributed by atoms with Crippen molar-refractivity contribution in [2.24, 2.45) is 0 Å². The van der Waals surface area contributed by atoms with Gasteiger partial charge >= 0.3 is 0 Å². The first kappa shape index (κ1) is 67.2. The topological polar surface area (TPSA) is 142 Å². The lowest BCUT2D eigenvalue weighted by Crippen LogP contribution is -1.94. The molecule has 0 unspecified atom stereocenters.